The van der Waals surface area contributed by atoms with Crippen molar-refractivity contribution in [1.82, 2.24) is 16.0 Å². The highest BCUT2D eigenvalue weighted by Gasteiger charge is 2.27. The van der Waals surface area contributed by atoms with Gasteiger partial charge in [-0.2, -0.15) is 0 Å². The molecular weight excluding hydrogens is 446 g/mol. The number of carbonyl (C=O) groups is 4. The van der Waals surface area contributed by atoms with Crippen LogP contribution in [0.5, 0.6) is 5.75 Å². The molecule has 0 fully saturated rings. The standard InChI is InChI=1S/C21H33N7O6/c1-11(17(30)27-12(2)20(33)34)26-19(32)16(10-13-5-7-14(29)8-6-13)28-18(31)15(22)4-3-9-25-21(23)24/h5-8,11-12,15-16,29H,3-4,9-10,22H2,1-2H3,(H,26,32)(H,27,30)(H,28,31)(H,33,34)(H4,23,24,25). The molecule has 0 aliphatic rings. The van der Waals surface area contributed by atoms with Gasteiger partial charge in [0.15, 0.2) is 5.96 Å². The number of carboxylic acids is 1. The lowest BCUT2D eigenvalue weighted by Crippen LogP contribution is -2.56. The van der Waals surface area contributed by atoms with E-state index in [4.69, 9.17) is 22.3 Å². The summed E-state index contributed by atoms with van der Waals surface area (Å²) in [7, 11) is 0. The van der Waals surface area contributed by atoms with Crippen LogP contribution in [-0.2, 0) is 25.6 Å². The number of hydrogen-bond donors (Lipinski definition) is 8. The van der Waals surface area contributed by atoms with Crippen molar-refractivity contribution >= 4 is 29.7 Å². The van der Waals surface area contributed by atoms with Gasteiger partial charge in [0.05, 0.1) is 6.04 Å². The molecule has 4 unspecified atom stereocenters. The summed E-state index contributed by atoms with van der Waals surface area (Å²) >= 11 is 0. The zero-order valence-corrected chi connectivity index (χ0v) is 19.2. The molecule has 1 rings (SSSR count). The van der Waals surface area contributed by atoms with Crippen LogP contribution in [0.25, 0.3) is 0 Å². The summed E-state index contributed by atoms with van der Waals surface area (Å²) in [5, 5.41) is 25.7. The van der Waals surface area contributed by atoms with Crippen LogP contribution < -0.4 is 33.2 Å². The molecule has 13 nitrogen and oxygen atoms in total. The van der Waals surface area contributed by atoms with Gasteiger partial charge in [0.1, 0.15) is 23.9 Å². The van der Waals surface area contributed by atoms with Crippen molar-refractivity contribution in [2.24, 2.45) is 22.2 Å². The number of hydrogen-bond acceptors (Lipinski definition) is 7. The summed E-state index contributed by atoms with van der Waals surface area (Å²) in [5.41, 5.74) is 17.1. The van der Waals surface area contributed by atoms with Crippen LogP contribution in [-0.4, -0.2) is 70.6 Å². The molecule has 13 heteroatoms. The van der Waals surface area contributed by atoms with Gasteiger partial charge in [0.25, 0.3) is 0 Å². The number of rotatable bonds is 13. The predicted octanol–water partition coefficient (Wildman–Crippen LogP) is -2.11. The minimum Gasteiger partial charge on any atom is -0.508 e. The normalized spacial score (nSPS) is 14.1. The van der Waals surface area contributed by atoms with E-state index in [0.717, 1.165) is 0 Å². The van der Waals surface area contributed by atoms with E-state index in [1.165, 1.54) is 26.0 Å². The Morgan fingerprint density at radius 3 is 2.09 bits per heavy atom. The van der Waals surface area contributed by atoms with Crippen LogP contribution in [0.1, 0.15) is 32.3 Å². The zero-order valence-electron chi connectivity index (χ0n) is 19.2. The quantitative estimate of drug-likeness (QED) is 0.0876. The number of nitrogens with zero attached hydrogens (tertiary/aromatic N) is 1. The van der Waals surface area contributed by atoms with Crippen LogP contribution in [0.3, 0.4) is 0 Å². The Bertz CT molecular complexity index is 886. The van der Waals surface area contributed by atoms with E-state index in [0.29, 0.717) is 18.5 Å². The van der Waals surface area contributed by atoms with Crippen LogP contribution >= 0.6 is 0 Å². The summed E-state index contributed by atoms with van der Waals surface area (Å²) in [6.07, 6.45) is 0.765. The number of aliphatic carboxylic acids is 1. The van der Waals surface area contributed by atoms with Crippen molar-refractivity contribution < 1.29 is 29.4 Å². The van der Waals surface area contributed by atoms with Gasteiger partial charge in [-0.25, -0.2) is 0 Å². The van der Waals surface area contributed by atoms with E-state index in [1.807, 2.05) is 0 Å². The number of aliphatic imine (C=N–C) groups is 1. The number of phenolic OH excluding ortho intramolecular Hbond substituents is 1. The Kier molecular flexibility index (Phi) is 11.3. The SMILES string of the molecule is CC(NC(=O)C(C)NC(=O)C(Cc1ccc(O)cc1)NC(=O)C(N)CCCN=C(N)N)C(=O)O. The van der Waals surface area contributed by atoms with Gasteiger partial charge in [-0.15, -0.1) is 0 Å². The number of phenols is 1. The Balaban J connectivity index is 2.86. The second-order valence-corrected chi connectivity index (χ2v) is 7.79. The van der Waals surface area contributed by atoms with Crippen LogP contribution in [0.2, 0.25) is 0 Å². The lowest BCUT2D eigenvalue weighted by Gasteiger charge is -2.23. The lowest BCUT2D eigenvalue weighted by atomic mass is 10.0. The molecule has 4 atom stereocenters. The monoisotopic (exact) mass is 479 g/mol. The van der Waals surface area contributed by atoms with Gasteiger partial charge in [-0.05, 0) is 44.4 Å². The molecule has 34 heavy (non-hydrogen) atoms. The second kappa shape index (κ2) is 13.6. The summed E-state index contributed by atoms with van der Waals surface area (Å²) in [6, 6.07) is 1.81. The average molecular weight is 480 g/mol. The summed E-state index contributed by atoms with van der Waals surface area (Å²) in [4.78, 5) is 52.4. The molecule has 1 aromatic rings. The van der Waals surface area contributed by atoms with Gasteiger partial charge >= 0.3 is 5.97 Å². The van der Waals surface area contributed by atoms with Gasteiger partial charge in [0.2, 0.25) is 17.7 Å². The van der Waals surface area contributed by atoms with Crippen LogP contribution in [0.4, 0.5) is 0 Å². The third kappa shape index (κ3) is 10.2. The molecule has 0 saturated carbocycles. The van der Waals surface area contributed by atoms with Crippen molar-refractivity contribution in [3.05, 3.63) is 29.8 Å². The van der Waals surface area contributed by atoms with Crippen LogP contribution in [0, 0.1) is 0 Å². The third-order valence-electron chi connectivity index (χ3n) is 4.79. The van der Waals surface area contributed by atoms with E-state index in [2.05, 4.69) is 20.9 Å². The van der Waals surface area contributed by atoms with E-state index < -0.39 is 47.9 Å². The smallest absolute Gasteiger partial charge is 0.325 e. The molecule has 1 aromatic carbocycles. The molecule has 0 aliphatic heterocycles. The van der Waals surface area contributed by atoms with E-state index in [9.17, 15) is 24.3 Å². The highest BCUT2D eigenvalue weighted by molar-refractivity contribution is 5.94. The van der Waals surface area contributed by atoms with Gasteiger partial charge in [-0.3, -0.25) is 24.2 Å². The predicted molar refractivity (Wildman–Crippen MR) is 124 cm³/mol. The summed E-state index contributed by atoms with van der Waals surface area (Å²) in [5.74, 6) is -3.21. The maximum absolute atomic E-state index is 12.9. The number of nitrogens with one attached hydrogen (secondary N) is 3. The van der Waals surface area contributed by atoms with Gasteiger partial charge in [-0.1, -0.05) is 12.1 Å². The van der Waals surface area contributed by atoms with Gasteiger partial charge in [0, 0.05) is 13.0 Å². The van der Waals surface area contributed by atoms with Crippen molar-refractivity contribution in [3.8, 4) is 5.75 Å². The maximum Gasteiger partial charge on any atom is 0.325 e. The summed E-state index contributed by atoms with van der Waals surface area (Å²) in [6.45, 7) is 2.97. The Hall–Kier alpha value is -3.87. The number of amides is 3. The first-order chi connectivity index (χ1) is 15.9. The first-order valence-corrected chi connectivity index (χ1v) is 10.6. The topological polar surface area (TPSA) is 235 Å². The molecule has 0 heterocycles. The average Bonchev–Trinajstić information content (AvgIpc) is 2.76. The molecule has 0 radical (unpaired) electrons. The number of nitrogens with two attached hydrogens (primary N) is 3. The van der Waals surface area contributed by atoms with Crippen LogP contribution in [0.15, 0.2) is 29.3 Å². The zero-order chi connectivity index (χ0) is 25.8. The first-order valence-electron chi connectivity index (χ1n) is 10.6. The van der Waals surface area contributed by atoms with Gasteiger partial charge < -0.3 is 43.4 Å². The Morgan fingerprint density at radius 2 is 1.53 bits per heavy atom. The third-order valence-corrected chi connectivity index (χ3v) is 4.79. The molecule has 188 valence electrons. The highest BCUT2D eigenvalue weighted by atomic mass is 16.4. The molecule has 0 aliphatic carbocycles. The van der Waals surface area contributed by atoms with Crippen molar-refractivity contribution in [2.75, 3.05) is 6.54 Å². The highest BCUT2D eigenvalue weighted by Crippen LogP contribution is 2.12. The largest absolute Gasteiger partial charge is 0.508 e. The second-order valence-electron chi connectivity index (χ2n) is 7.79. The minimum absolute atomic E-state index is 0.0365. The maximum atomic E-state index is 12.9. The fourth-order valence-electron chi connectivity index (χ4n) is 2.79. The number of benzene rings is 1. The fourth-order valence-corrected chi connectivity index (χ4v) is 2.79. The molecule has 0 spiro atoms. The minimum atomic E-state index is -1.22. The number of carboxylic acid groups (broad SMARTS) is 1. The summed E-state index contributed by atoms with van der Waals surface area (Å²) < 4.78 is 0. The Labute approximate surface area is 197 Å². The molecule has 3 amide bonds. The van der Waals surface area contributed by atoms with E-state index in [-0.39, 0.29) is 24.6 Å². The first kappa shape index (κ1) is 28.2. The molecular formula is C21H33N7O6. The van der Waals surface area contributed by atoms with E-state index in [1.54, 1.807) is 12.1 Å². The van der Waals surface area contributed by atoms with E-state index >= 15 is 0 Å². The molecule has 11 N–H and O–H groups in total. The lowest BCUT2D eigenvalue weighted by molar-refractivity contribution is -0.141. The van der Waals surface area contributed by atoms with Crippen molar-refractivity contribution in [1.29, 1.82) is 0 Å². The van der Waals surface area contributed by atoms with Crippen molar-refractivity contribution in [2.45, 2.75) is 57.3 Å². The molecule has 0 saturated heterocycles. The molecule has 0 aromatic heterocycles. The number of aromatic hydroxyl groups is 1. The Morgan fingerprint density at radius 1 is 0.941 bits per heavy atom. The van der Waals surface area contributed by atoms with Crippen molar-refractivity contribution in [3.63, 3.8) is 0 Å². The fraction of sp³-hybridized carbons (Fsp3) is 0.476. The number of carbonyl (C=O) groups excluding carboxylic acids is 3. The number of guanidine groups is 1. The molecule has 0 bridgehead atoms.